The number of rotatable bonds is 13. The molecular weight excluding hydrogens is 498 g/mol. The number of ether oxygens (including phenoxy) is 2. The predicted molar refractivity (Wildman–Crippen MR) is 156 cm³/mol. The van der Waals surface area contributed by atoms with E-state index < -0.39 is 17.9 Å². The molecule has 0 amide bonds. The quantitative estimate of drug-likeness (QED) is 0.185. The lowest BCUT2D eigenvalue weighted by molar-refractivity contribution is -0.0445. The lowest BCUT2D eigenvalue weighted by Crippen LogP contribution is -2.47. The lowest BCUT2D eigenvalue weighted by Gasteiger charge is -2.29. The topological polar surface area (TPSA) is 87.1 Å². The molecule has 3 N–H and O–H groups in total. The van der Waals surface area contributed by atoms with Gasteiger partial charge in [-0.25, -0.2) is 5.01 Å². The van der Waals surface area contributed by atoms with Gasteiger partial charge < -0.3 is 19.7 Å². The van der Waals surface area contributed by atoms with Crippen LogP contribution in [0.5, 0.6) is 10.9 Å². The number of fused-ring (bicyclic) bond motifs is 1. The smallest absolute Gasteiger partial charge is 0.274 e. The zero-order valence-electron chi connectivity index (χ0n) is 24.2. The molecule has 8 heteroatoms. The molecule has 210 valence electrons. The molecule has 0 aliphatic heterocycles. The van der Waals surface area contributed by atoms with Crippen LogP contribution < -0.4 is 14.9 Å². The van der Waals surface area contributed by atoms with Gasteiger partial charge in [0.2, 0.25) is 0 Å². The highest BCUT2D eigenvalue weighted by molar-refractivity contribution is 7.20. The maximum Gasteiger partial charge on any atom is 0.274 e. The van der Waals surface area contributed by atoms with Crippen molar-refractivity contribution in [2.75, 3.05) is 13.1 Å². The van der Waals surface area contributed by atoms with Crippen molar-refractivity contribution in [3.05, 3.63) is 52.6 Å². The zero-order valence-corrected chi connectivity index (χ0v) is 25.0. The van der Waals surface area contributed by atoms with Crippen molar-refractivity contribution in [2.45, 2.75) is 98.7 Å². The Hall–Kier alpha value is -2.23. The highest BCUT2D eigenvalue weighted by atomic mass is 32.1. The SMILES string of the molecule is CCc1ccc(CCNN(C[C@H](O)c2ccc(OC(C)(C)C)c3nc(OC(C)C)sc23)C(C)O)cc1CC. The molecule has 0 aliphatic rings. The van der Waals surface area contributed by atoms with Crippen molar-refractivity contribution in [2.24, 2.45) is 0 Å². The van der Waals surface area contributed by atoms with Crippen molar-refractivity contribution in [3.8, 4) is 10.9 Å². The number of hydrogen-bond acceptors (Lipinski definition) is 8. The van der Waals surface area contributed by atoms with Gasteiger partial charge in [0.05, 0.1) is 16.9 Å². The Labute approximate surface area is 231 Å². The molecule has 0 saturated carbocycles. The molecule has 1 aromatic heterocycles. The van der Waals surface area contributed by atoms with Crippen LogP contribution in [-0.2, 0) is 19.3 Å². The van der Waals surface area contributed by atoms with E-state index in [4.69, 9.17) is 9.47 Å². The number of aliphatic hydroxyl groups excluding tert-OH is 2. The Morgan fingerprint density at radius 2 is 1.74 bits per heavy atom. The first-order valence-corrected chi connectivity index (χ1v) is 14.5. The fraction of sp³-hybridized carbons (Fsp3) is 0.567. The van der Waals surface area contributed by atoms with Crippen LogP contribution in [-0.4, -0.2) is 51.2 Å². The average molecular weight is 544 g/mol. The summed E-state index contributed by atoms with van der Waals surface area (Å²) in [5.41, 5.74) is 8.38. The molecule has 3 aromatic rings. The van der Waals surface area contributed by atoms with E-state index in [1.165, 1.54) is 28.0 Å². The monoisotopic (exact) mass is 543 g/mol. The standard InChI is InChI=1S/C30H45N3O4S/c1-9-22-12-11-21(17-23(22)10-2)15-16-31-33(20(5)34)18-25(35)24-13-14-26(37-30(6,7)8)27-28(24)38-29(32-27)36-19(3)4/h11-14,17,19-20,25,31,34-35H,9-10,15-16,18H2,1-8H3/t20?,25-/m0/s1. The van der Waals surface area contributed by atoms with Crippen molar-refractivity contribution in [3.63, 3.8) is 0 Å². The second-order valence-corrected chi connectivity index (χ2v) is 11.9. The predicted octanol–water partition coefficient (Wildman–Crippen LogP) is 5.81. The number of aromatic nitrogens is 1. The molecule has 0 radical (unpaired) electrons. The van der Waals surface area contributed by atoms with Crippen molar-refractivity contribution < 1.29 is 19.7 Å². The first kappa shape index (κ1) is 30.3. The summed E-state index contributed by atoms with van der Waals surface area (Å²) < 4.78 is 12.9. The third-order valence-corrected chi connectivity index (χ3v) is 7.21. The van der Waals surface area contributed by atoms with E-state index in [1.54, 1.807) is 11.9 Å². The molecule has 3 rings (SSSR count). The third kappa shape index (κ3) is 8.13. The average Bonchev–Trinajstić information content (AvgIpc) is 3.25. The van der Waals surface area contributed by atoms with Crippen molar-refractivity contribution >= 4 is 21.6 Å². The molecule has 0 spiro atoms. The molecule has 1 heterocycles. The number of hydrogen-bond donors (Lipinski definition) is 3. The fourth-order valence-corrected chi connectivity index (χ4v) is 5.51. The Bertz CT molecular complexity index is 1190. The summed E-state index contributed by atoms with van der Waals surface area (Å²) in [6.07, 6.45) is 1.23. The molecule has 38 heavy (non-hydrogen) atoms. The minimum absolute atomic E-state index is 0.0163. The van der Waals surface area contributed by atoms with Crippen LogP contribution in [0.4, 0.5) is 0 Å². The Kier molecular flexibility index (Phi) is 10.5. The van der Waals surface area contributed by atoms with Gasteiger partial charge in [0, 0.05) is 18.7 Å². The zero-order chi connectivity index (χ0) is 28.0. The largest absolute Gasteiger partial charge is 0.486 e. The number of nitrogens with zero attached hydrogens (tertiary/aromatic N) is 2. The molecule has 2 atom stereocenters. The van der Waals surface area contributed by atoms with Gasteiger partial charge in [0.15, 0.2) is 0 Å². The van der Waals surface area contributed by atoms with Crippen LogP contribution in [0.2, 0.25) is 0 Å². The summed E-state index contributed by atoms with van der Waals surface area (Å²) in [5.74, 6) is 0.657. The van der Waals surface area contributed by atoms with E-state index >= 15 is 0 Å². The van der Waals surface area contributed by atoms with Gasteiger partial charge in [-0.15, -0.1) is 0 Å². The van der Waals surface area contributed by atoms with Crippen LogP contribution >= 0.6 is 11.3 Å². The normalized spacial score (nSPS) is 13.9. The Morgan fingerprint density at radius 1 is 1.03 bits per heavy atom. The van der Waals surface area contributed by atoms with Crippen molar-refractivity contribution in [1.29, 1.82) is 0 Å². The van der Waals surface area contributed by atoms with E-state index in [0.29, 0.717) is 23.0 Å². The van der Waals surface area contributed by atoms with E-state index in [-0.39, 0.29) is 12.6 Å². The maximum atomic E-state index is 11.3. The summed E-state index contributed by atoms with van der Waals surface area (Å²) in [6.45, 7) is 16.8. The van der Waals surface area contributed by atoms with E-state index in [9.17, 15) is 10.2 Å². The van der Waals surface area contributed by atoms with E-state index in [0.717, 1.165) is 29.5 Å². The molecule has 0 bridgehead atoms. The molecule has 2 aromatic carbocycles. The molecule has 1 unspecified atom stereocenters. The summed E-state index contributed by atoms with van der Waals surface area (Å²) in [6, 6.07) is 10.4. The van der Waals surface area contributed by atoms with Crippen LogP contribution in [0, 0.1) is 0 Å². The van der Waals surface area contributed by atoms with Gasteiger partial charge in [-0.05, 0) is 83.6 Å². The first-order chi connectivity index (χ1) is 17.9. The number of hydrazine groups is 1. The summed E-state index contributed by atoms with van der Waals surface area (Å²) in [4.78, 5) is 4.69. The van der Waals surface area contributed by atoms with Gasteiger partial charge in [-0.3, -0.25) is 5.43 Å². The highest BCUT2D eigenvalue weighted by Gasteiger charge is 2.24. The number of nitrogens with one attached hydrogen (secondary N) is 1. The first-order valence-electron chi connectivity index (χ1n) is 13.7. The minimum atomic E-state index is -0.855. The Balaban J connectivity index is 1.77. The molecular formula is C30H45N3O4S. The van der Waals surface area contributed by atoms with Gasteiger partial charge in [0.1, 0.15) is 23.1 Å². The number of aryl methyl sites for hydroxylation is 2. The van der Waals surface area contributed by atoms with Gasteiger partial charge in [0.25, 0.3) is 5.19 Å². The minimum Gasteiger partial charge on any atom is -0.486 e. The van der Waals surface area contributed by atoms with E-state index in [1.807, 2.05) is 46.8 Å². The third-order valence-electron chi connectivity index (χ3n) is 6.21. The number of benzene rings is 2. The van der Waals surface area contributed by atoms with Crippen LogP contribution in [0.15, 0.2) is 30.3 Å². The molecule has 0 fully saturated rings. The maximum absolute atomic E-state index is 11.3. The van der Waals surface area contributed by atoms with Gasteiger partial charge >= 0.3 is 0 Å². The number of aliphatic hydroxyl groups is 2. The van der Waals surface area contributed by atoms with Gasteiger partial charge in [-0.1, -0.05) is 49.4 Å². The van der Waals surface area contributed by atoms with Crippen LogP contribution in [0.3, 0.4) is 0 Å². The summed E-state index contributed by atoms with van der Waals surface area (Å²) in [5, 5.41) is 24.0. The highest BCUT2D eigenvalue weighted by Crippen LogP contribution is 2.40. The summed E-state index contributed by atoms with van der Waals surface area (Å²) in [7, 11) is 0. The van der Waals surface area contributed by atoms with Crippen LogP contribution in [0.1, 0.15) is 83.7 Å². The number of thiazole rings is 1. The summed E-state index contributed by atoms with van der Waals surface area (Å²) >= 11 is 1.40. The lowest BCUT2D eigenvalue weighted by atomic mass is 9.99. The van der Waals surface area contributed by atoms with Crippen molar-refractivity contribution in [1.82, 2.24) is 15.4 Å². The van der Waals surface area contributed by atoms with E-state index in [2.05, 4.69) is 42.5 Å². The molecule has 7 nitrogen and oxygen atoms in total. The second kappa shape index (κ2) is 13.2. The Morgan fingerprint density at radius 3 is 2.34 bits per heavy atom. The van der Waals surface area contributed by atoms with Crippen LogP contribution in [0.25, 0.3) is 10.2 Å². The van der Waals surface area contributed by atoms with Gasteiger partial charge in [-0.2, -0.15) is 4.98 Å². The molecule has 0 aliphatic carbocycles. The fourth-order valence-electron chi connectivity index (χ4n) is 4.40. The molecule has 0 saturated heterocycles. The second-order valence-electron chi connectivity index (χ2n) is 11.0.